The van der Waals surface area contributed by atoms with Crippen molar-refractivity contribution < 1.29 is 14.5 Å². The molecule has 1 fully saturated rings. The topological polar surface area (TPSA) is 105 Å². The first-order valence-corrected chi connectivity index (χ1v) is 9.22. The van der Waals surface area contributed by atoms with Gasteiger partial charge in [-0.2, -0.15) is 0 Å². The second-order valence-corrected chi connectivity index (χ2v) is 6.88. The molecule has 0 unspecified atom stereocenters. The summed E-state index contributed by atoms with van der Waals surface area (Å²) in [6.45, 7) is 1.91. The molecule has 8 heteroatoms. The summed E-state index contributed by atoms with van der Waals surface area (Å²) >= 11 is 0. The van der Waals surface area contributed by atoms with Gasteiger partial charge in [0.1, 0.15) is 0 Å². The lowest BCUT2D eigenvalue weighted by Crippen LogP contribution is -2.41. The van der Waals surface area contributed by atoms with E-state index in [4.69, 9.17) is 0 Å². The van der Waals surface area contributed by atoms with Gasteiger partial charge in [-0.15, -0.1) is 0 Å². The quantitative estimate of drug-likeness (QED) is 0.609. The molecular weight excluding hydrogens is 360 g/mol. The first-order chi connectivity index (χ1) is 13.5. The number of benzene rings is 1. The van der Waals surface area contributed by atoms with E-state index in [1.165, 1.54) is 12.1 Å². The maximum atomic E-state index is 12.4. The van der Waals surface area contributed by atoms with Crippen LogP contribution in [-0.4, -0.2) is 46.3 Å². The third-order valence-corrected chi connectivity index (χ3v) is 4.93. The third-order valence-electron chi connectivity index (χ3n) is 4.93. The highest BCUT2D eigenvalue weighted by atomic mass is 16.6. The molecule has 8 nitrogen and oxygen atoms in total. The van der Waals surface area contributed by atoms with Gasteiger partial charge in [0.2, 0.25) is 5.91 Å². The van der Waals surface area contributed by atoms with Crippen LogP contribution >= 0.6 is 0 Å². The molecule has 0 spiro atoms. The van der Waals surface area contributed by atoms with E-state index in [-0.39, 0.29) is 23.9 Å². The number of nitro groups is 1. The zero-order chi connectivity index (χ0) is 19.9. The van der Waals surface area contributed by atoms with Gasteiger partial charge in [-0.1, -0.05) is 12.1 Å². The lowest BCUT2D eigenvalue weighted by molar-refractivity contribution is -0.384. The molecule has 0 atom stereocenters. The molecule has 0 saturated carbocycles. The highest BCUT2D eigenvalue weighted by Gasteiger charge is 2.23. The Morgan fingerprint density at radius 1 is 1.11 bits per heavy atom. The number of hydrogen-bond acceptors (Lipinski definition) is 5. The number of amides is 2. The number of likely N-dealkylation sites (tertiary alicyclic amines) is 1. The largest absolute Gasteiger partial charge is 0.356 e. The minimum atomic E-state index is -0.463. The Bertz CT molecular complexity index is 831. The Hall–Kier alpha value is -3.29. The van der Waals surface area contributed by atoms with Crippen molar-refractivity contribution in [2.45, 2.75) is 19.3 Å². The summed E-state index contributed by atoms with van der Waals surface area (Å²) in [5.41, 5.74) is 1.39. The highest BCUT2D eigenvalue weighted by molar-refractivity contribution is 5.94. The first kappa shape index (κ1) is 19.5. The van der Waals surface area contributed by atoms with Crippen molar-refractivity contribution in [3.8, 4) is 0 Å². The molecule has 1 aromatic carbocycles. The van der Waals surface area contributed by atoms with Crippen LogP contribution < -0.4 is 5.32 Å². The van der Waals surface area contributed by atoms with Crippen LogP contribution in [0, 0.1) is 16.0 Å². The van der Waals surface area contributed by atoms with E-state index in [9.17, 15) is 19.7 Å². The molecule has 146 valence electrons. The van der Waals surface area contributed by atoms with E-state index in [0.717, 1.165) is 18.4 Å². The molecule has 1 aromatic heterocycles. The SMILES string of the molecule is O=C(Cc1ccc([N+](=O)[O-])cc1)NCC1CCN(C(=O)c2ccncc2)CC1. The van der Waals surface area contributed by atoms with Crippen LogP contribution in [0.4, 0.5) is 5.69 Å². The van der Waals surface area contributed by atoms with E-state index in [1.807, 2.05) is 4.90 Å². The summed E-state index contributed by atoms with van der Waals surface area (Å²) in [4.78, 5) is 40.5. The van der Waals surface area contributed by atoms with Crippen LogP contribution in [0.5, 0.6) is 0 Å². The van der Waals surface area contributed by atoms with E-state index < -0.39 is 4.92 Å². The van der Waals surface area contributed by atoms with Crippen molar-refractivity contribution in [3.05, 3.63) is 70.0 Å². The Balaban J connectivity index is 1.40. The number of aromatic nitrogens is 1. The van der Waals surface area contributed by atoms with Gasteiger partial charge >= 0.3 is 0 Å². The lowest BCUT2D eigenvalue weighted by atomic mass is 9.96. The first-order valence-electron chi connectivity index (χ1n) is 9.22. The van der Waals surface area contributed by atoms with E-state index in [2.05, 4.69) is 10.3 Å². The Kier molecular flexibility index (Phi) is 6.31. The summed E-state index contributed by atoms with van der Waals surface area (Å²) in [7, 11) is 0. The monoisotopic (exact) mass is 382 g/mol. The number of piperidine rings is 1. The number of hydrogen-bond donors (Lipinski definition) is 1. The molecule has 1 aliphatic rings. The van der Waals surface area contributed by atoms with Gasteiger partial charge in [0.05, 0.1) is 11.3 Å². The van der Waals surface area contributed by atoms with Crippen LogP contribution in [0.15, 0.2) is 48.8 Å². The molecule has 3 rings (SSSR count). The smallest absolute Gasteiger partial charge is 0.269 e. The lowest BCUT2D eigenvalue weighted by Gasteiger charge is -2.32. The van der Waals surface area contributed by atoms with Gasteiger partial charge in [-0.25, -0.2) is 0 Å². The van der Waals surface area contributed by atoms with Crippen molar-refractivity contribution in [1.29, 1.82) is 0 Å². The number of non-ortho nitro benzene ring substituents is 1. The fourth-order valence-electron chi connectivity index (χ4n) is 3.26. The molecule has 2 amide bonds. The summed E-state index contributed by atoms with van der Waals surface area (Å²) in [6, 6.07) is 9.43. The number of carbonyl (C=O) groups excluding carboxylic acids is 2. The highest BCUT2D eigenvalue weighted by Crippen LogP contribution is 2.18. The predicted molar refractivity (Wildman–Crippen MR) is 103 cm³/mol. The maximum Gasteiger partial charge on any atom is 0.269 e. The van der Waals surface area contributed by atoms with Crippen LogP contribution in [0.25, 0.3) is 0 Å². The molecule has 1 N–H and O–H groups in total. The van der Waals surface area contributed by atoms with Crippen molar-refractivity contribution in [2.75, 3.05) is 19.6 Å². The predicted octanol–water partition coefficient (Wildman–Crippen LogP) is 2.20. The number of nitro benzene ring substituents is 1. The van der Waals surface area contributed by atoms with Crippen LogP contribution in [-0.2, 0) is 11.2 Å². The van der Waals surface area contributed by atoms with Crippen molar-refractivity contribution in [3.63, 3.8) is 0 Å². The average Bonchev–Trinajstić information content (AvgIpc) is 2.73. The van der Waals surface area contributed by atoms with Crippen LogP contribution in [0.2, 0.25) is 0 Å². The number of nitrogens with zero attached hydrogens (tertiary/aromatic N) is 3. The Labute approximate surface area is 162 Å². The zero-order valence-corrected chi connectivity index (χ0v) is 15.4. The molecule has 1 aliphatic heterocycles. The molecule has 1 saturated heterocycles. The molecular formula is C20H22N4O4. The number of nitrogens with one attached hydrogen (secondary N) is 1. The fourth-order valence-corrected chi connectivity index (χ4v) is 3.26. The van der Waals surface area contributed by atoms with Gasteiger partial charge in [-0.05, 0) is 36.5 Å². The van der Waals surface area contributed by atoms with Crippen LogP contribution in [0.1, 0.15) is 28.8 Å². The Morgan fingerprint density at radius 2 is 1.75 bits per heavy atom. The summed E-state index contributed by atoms with van der Waals surface area (Å²) in [5, 5.41) is 13.6. The maximum absolute atomic E-state index is 12.4. The molecule has 0 aliphatic carbocycles. The van der Waals surface area contributed by atoms with Gasteiger partial charge < -0.3 is 10.2 Å². The summed E-state index contributed by atoms with van der Waals surface area (Å²) in [5.74, 6) is 0.245. The fraction of sp³-hybridized carbons (Fsp3) is 0.350. The normalized spacial score (nSPS) is 14.5. The van der Waals surface area contributed by atoms with Crippen molar-refractivity contribution >= 4 is 17.5 Å². The van der Waals surface area contributed by atoms with E-state index in [1.54, 1.807) is 36.7 Å². The van der Waals surface area contributed by atoms with Crippen molar-refractivity contribution in [2.24, 2.45) is 5.92 Å². The standard InChI is InChI=1S/C20H22N4O4/c25-19(13-15-1-3-18(4-2-15)24(27)28)22-14-16-7-11-23(12-8-16)20(26)17-5-9-21-10-6-17/h1-6,9-10,16H,7-8,11-14H2,(H,22,25). The molecule has 2 aromatic rings. The summed E-state index contributed by atoms with van der Waals surface area (Å²) in [6.07, 6.45) is 5.10. The minimum absolute atomic E-state index is 0.0113. The minimum Gasteiger partial charge on any atom is -0.356 e. The van der Waals surface area contributed by atoms with Crippen LogP contribution in [0.3, 0.4) is 0 Å². The molecule has 2 heterocycles. The molecule has 0 radical (unpaired) electrons. The van der Waals surface area contributed by atoms with Gasteiger partial charge in [-0.3, -0.25) is 24.7 Å². The van der Waals surface area contributed by atoms with Gasteiger partial charge in [0.25, 0.3) is 11.6 Å². The number of rotatable bonds is 6. The van der Waals surface area contributed by atoms with E-state index >= 15 is 0 Å². The van der Waals surface area contributed by atoms with E-state index in [0.29, 0.717) is 31.1 Å². The molecule has 0 bridgehead atoms. The van der Waals surface area contributed by atoms with Crippen molar-refractivity contribution in [1.82, 2.24) is 15.2 Å². The third kappa shape index (κ3) is 5.12. The van der Waals surface area contributed by atoms with Gasteiger partial charge in [0.15, 0.2) is 0 Å². The number of pyridine rings is 1. The average molecular weight is 382 g/mol. The number of carbonyl (C=O) groups is 2. The zero-order valence-electron chi connectivity index (χ0n) is 15.4. The summed E-state index contributed by atoms with van der Waals surface area (Å²) < 4.78 is 0. The Morgan fingerprint density at radius 3 is 2.36 bits per heavy atom. The van der Waals surface area contributed by atoms with Gasteiger partial charge in [0, 0.05) is 49.7 Å². The second kappa shape index (κ2) is 9.07. The molecule has 28 heavy (non-hydrogen) atoms. The second-order valence-electron chi connectivity index (χ2n) is 6.88.